The fraction of sp³-hybridized carbons (Fsp3) is 0.571. The molecule has 0 spiro atoms. The molecule has 0 radical (unpaired) electrons. The summed E-state index contributed by atoms with van der Waals surface area (Å²) >= 11 is 0. The average molecular weight is 260 g/mol. The minimum Gasteiger partial charge on any atom is -0.396 e. The summed E-state index contributed by atoms with van der Waals surface area (Å²) in [6.07, 6.45) is 7.25. The number of aryl methyl sites for hydroxylation is 1. The van der Waals surface area contributed by atoms with Crippen LogP contribution in [0.2, 0.25) is 0 Å². The molecule has 0 amide bonds. The van der Waals surface area contributed by atoms with Gasteiger partial charge in [0.2, 0.25) is 0 Å². The molecule has 3 heterocycles. The number of hydrogen-bond acceptors (Lipinski definition) is 4. The van der Waals surface area contributed by atoms with Crippen molar-refractivity contribution in [2.45, 2.75) is 38.3 Å². The SMILES string of the molecule is OCCCc1nc2cccnc2n1C1CCCCN1. The van der Waals surface area contributed by atoms with Crippen molar-refractivity contribution in [3.63, 3.8) is 0 Å². The third-order valence-electron chi connectivity index (χ3n) is 3.68. The predicted octanol–water partition coefficient (Wildman–Crippen LogP) is 1.63. The average Bonchev–Trinajstić information content (AvgIpc) is 2.84. The first-order chi connectivity index (χ1) is 9.40. The van der Waals surface area contributed by atoms with Crippen molar-refractivity contribution in [2.75, 3.05) is 13.2 Å². The smallest absolute Gasteiger partial charge is 0.161 e. The number of nitrogens with zero attached hydrogens (tertiary/aromatic N) is 3. The van der Waals surface area contributed by atoms with E-state index in [1.165, 1.54) is 12.8 Å². The lowest BCUT2D eigenvalue weighted by molar-refractivity contribution is 0.282. The fourth-order valence-electron chi connectivity index (χ4n) is 2.77. The second-order valence-electron chi connectivity index (χ2n) is 5.04. The van der Waals surface area contributed by atoms with Crippen molar-refractivity contribution in [2.24, 2.45) is 0 Å². The molecule has 1 unspecified atom stereocenters. The van der Waals surface area contributed by atoms with Gasteiger partial charge in [0.05, 0.1) is 6.17 Å². The van der Waals surface area contributed by atoms with Gasteiger partial charge in [-0.2, -0.15) is 0 Å². The maximum atomic E-state index is 9.04. The topological polar surface area (TPSA) is 63.0 Å². The van der Waals surface area contributed by atoms with E-state index >= 15 is 0 Å². The molecule has 3 rings (SSSR count). The zero-order valence-corrected chi connectivity index (χ0v) is 11.0. The number of aliphatic hydroxyl groups is 1. The minimum atomic E-state index is 0.203. The Bertz CT molecular complexity index is 545. The molecule has 0 bridgehead atoms. The summed E-state index contributed by atoms with van der Waals surface area (Å²) in [6.45, 7) is 1.26. The van der Waals surface area contributed by atoms with E-state index in [1.54, 1.807) is 0 Å². The molecule has 2 N–H and O–H groups in total. The lowest BCUT2D eigenvalue weighted by Crippen LogP contribution is -2.32. The highest BCUT2D eigenvalue weighted by Gasteiger charge is 2.21. The molecule has 2 aromatic heterocycles. The maximum absolute atomic E-state index is 9.04. The second kappa shape index (κ2) is 5.67. The summed E-state index contributed by atoms with van der Waals surface area (Å²) in [5.41, 5.74) is 1.90. The molecular weight excluding hydrogens is 240 g/mol. The van der Waals surface area contributed by atoms with Gasteiger partial charge in [-0.25, -0.2) is 9.97 Å². The van der Waals surface area contributed by atoms with Crippen LogP contribution in [0.4, 0.5) is 0 Å². The van der Waals surface area contributed by atoms with Gasteiger partial charge < -0.3 is 5.11 Å². The van der Waals surface area contributed by atoms with E-state index in [2.05, 4.69) is 19.9 Å². The van der Waals surface area contributed by atoms with Crippen LogP contribution in [0.3, 0.4) is 0 Å². The number of piperidine rings is 1. The quantitative estimate of drug-likeness (QED) is 0.877. The normalized spacial score (nSPS) is 19.9. The predicted molar refractivity (Wildman–Crippen MR) is 73.8 cm³/mol. The molecule has 5 nitrogen and oxygen atoms in total. The Morgan fingerprint density at radius 2 is 2.37 bits per heavy atom. The molecule has 0 aliphatic carbocycles. The first-order valence-electron chi connectivity index (χ1n) is 7.06. The van der Waals surface area contributed by atoms with Crippen LogP contribution in [-0.2, 0) is 6.42 Å². The van der Waals surface area contributed by atoms with Crippen LogP contribution in [0, 0.1) is 0 Å². The van der Waals surface area contributed by atoms with E-state index < -0.39 is 0 Å². The van der Waals surface area contributed by atoms with E-state index in [4.69, 9.17) is 5.11 Å². The van der Waals surface area contributed by atoms with E-state index in [0.29, 0.717) is 6.17 Å². The number of fused-ring (bicyclic) bond motifs is 1. The Labute approximate surface area is 112 Å². The molecule has 102 valence electrons. The van der Waals surface area contributed by atoms with Crippen LogP contribution < -0.4 is 5.32 Å². The Balaban J connectivity index is 2.01. The number of aliphatic hydroxyl groups excluding tert-OH is 1. The van der Waals surface area contributed by atoms with Gasteiger partial charge in [-0.15, -0.1) is 0 Å². The van der Waals surface area contributed by atoms with Gasteiger partial charge in [-0.05, 0) is 44.4 Å². The number of rotatable bonds is 4. The molecule has 0 aromatic carbocycles. The molecule has 5 heteroatoms. The Kier molecular flexibility index (Phi) is 3.75. The minimum absolute atomic E-state index is 0.203. The van der Waals surface area contributed by atoms with Gasteiger partial charge in [-0.1, -0.05) is 0 Å². The summed E-state index contributed by atoms with van der Waals surface area (Å²) in [7, 11) is 0. The first-order valence-corrected chi connectivity index (χ1v) is 7.06. The monoisotopic (exact) mass is 260 g/mol. The van der Waals surface area contributed by atoms with Crippen molar-refractivity contribution in [1.29, 1.82) is 0 Å². The van der Waals surface area contributed by atoms with Crippen LogP contribution in [0.25, 0.3) is 11.2 Å². The Morgan fingerprint density at radius 3 is 3.16 bits per heavy atom. The highest BCUT2D eigenvalue weighted by atomic mass is 16.2. The summed E-state index contributed by atoms with van der Waals surface area (Å²) in [5, 5.41) is 12.6. The summed E-state index contributed by atoms with van der Waals surface area (Å²) in [4.78, 5) is 9.16. The zero-order chi connectivity index (χ0) is 13.1. The van der Waals surface area contributed by atoms with Gasteiger partial charge in [0.15, 0.2) is 5.65 Å². The zero-order valence-electron chi connectivity index (χ0n) is 11.0. The molecule has 2 aromatic rings. The maximum Gasteiger partial charge on any atom is 0.161 e. The molecular formula is C14H20N4O. The molecule has 1 aliphatic rings. The van der Waals surface area contributed by atoms with Crippen molar-refractivity contribution in [3.8, 4) is 0 Å². The van der Waals surface area contributed by atoms with Crippen LogP contribution in [-0.4, -0.2) is 32.8 Å². The molecule has 1 saturated heterocycles. The van der Waals surface area contributed by atoms with Crippen molar-refractivity contribution >= 4 is 11.2 Å². The van der Waals surface area contributed by atoms with Crippen LogP contribution in [0.15, 0.2) is 18.3 Å². The Morgan fingerprint density at radius 1 is 1.42 bits per heavy atom. The van der Waals surface area contributed by atoms with Crippen molar-refractivity contribution in [3.05, 3.63) is 24.2 Å². The molecule has 1 aliphatic heterocycles. The van der Waals surface area contributed by atoms with E-state index in [-0.39, 0.29) is 6.61 Å². The number of nitrogens with one attached hydrogen (secondary N) is 1. The molecule has 0 saturated carbocycles. The number of hydrogen-bond donors (Lipinski definition) is 2. The van der Waals surface area contributed by atoms with Gasteiger partial charge in [0.25, 0.3) is 0 Å². The summed E-state index contributed by atoms with van der Waals surface area (Å²) in [6, 6.07) is 3.92. The third kappa shape index (κ3) is 2.48. The van der Waals surface area contributed by atoms with Crippen LogP contribution in [0.1, 0.15) is 37.7 Å². The standard InChI is InChI=1S/C14H20N4O/c19-10-4-7-13-17-11-5-3-9-16-14(11)18(13)12-6-1-2-8-15-12/h3,5,9,12,15,19H,1-2,4,6-8,10H2. The van der Waals surface area contributed by atoms with E-state index in [1.807, 2.05) is 18.3 Å². The van der Waals surface area contributed by atoms with E-state index in [0.717, 1.165) is 42.8 Å². The summed E-state index contributed by atoms with van der Waals surface area (Å²) < 4.78 is 2.23. The van der Waals surface area contributed by atoms with E-state index in [9.17, 15) is 0 Å². The van der Waals surface area contributed by atoms with Crippen molar-refractivity contribution < 1.29 is 5.11 Å². The summed E-state index contributed by atoms with van der Waals surface area (Å²) in [5.74, 6) is 1.03. The molecule has 1 atom stereocenters. The van der Waals surface area contributed by atoms with Crippen LogP contribution >= 0.6 is 0 Å². The lowest BCUT2D eigenvalue weighted by Gasteiger charge is -2.26. The highest BCUT2D eigenvalue weighted by Crippen LogP contribution is 2.24. The number of imidazole rings is 1. The fourth-order valence-corrected chi connectivity index (χ4v) is 2.77. The third-order valence-corrected chi connectivity index (χ3v) is 3.68. The molecule has 1 fully saturated rings. The van der Waals surface area contributed by atoms with Gasteiger partial charge in [0.1, 0.15) is 11.3 Å². The van der Waals surface area contributed by atoms with Gasteiger partial charge >= 0.3 is 0 Å². The Hall–Kier alpha value is -1.46. The number of pyridine rings is 1. The lowest BCUT2D eigenvalue weighted by atomic mass is 10.1. The first kappa shape index (κ1) is 12.6. The largest absolute Gasteiger partial charge is 0.396 e. The number of aromatic nitrogens is 3. The van der Waals surface area contributed by atoms with Gasteiger partial charge in [0, 0.05) is 19.2 Å². The van der Waals surface area contributed by atoms with Crippen LogP contribution in [0.5, 0.6) is 0 Å². The van der Waals surface area contributed by atoms with Gasteiger partial charge in [-0.3, -0.25) is 9.88 Å². The molecule has 19 heavy (non-hydrogen) atoms. The highest BCUT2D eigenvalue weighted by molar-refractivity contribution is 5.71. The van der Waals surface area contributed by atoms with Crippen molar-refractivity contribution in [1.82, 2.24) is 19.9 Å². The second-order valence-corrected chi connectivity index (χ2v) is 5.04.